The topological polar surface area (TPSA) is 68.0 Å². The normalized spacial score (nSPS) is 16.8. The molecule has 0 bridgehead atoms. The van der Waals surface area contributed by atoms with Crippen LogP contribution in [0.15, 0.2) is 33.9 Å². The number of aryl methyl sites for hydroxylation is 1. The fourth-order valence-electron chi connectivity index (χ4n) is 2.84. The lowest BCUT2D eigenvalue weighted by molar-refractivity contribution is -0.121. The van der Waals surface area contributed by atoms with Crippen LogP contribution in [0, 0.1) is 6.92 Å². The first-order valence-electron chi connectivity index (χ1n) is 8.49. The number of thioether (sulfide) groups is 1. The molecule has 1 saturated carbocycles. The van der Waals surface area contributed by atoms with Crippen molar-refractivity contribution in [1.82, 2.24) is 15.5 Å². The van der Waals surface area contributed by atoms with Crippen molar-refractivity contribution in [3.63, 3.8) is 0 Å². The van der Waals surface area contributed by atoms with Crippen LogP contribution >= 0.6 is 11.8 Å². The van der Waals surface area contributed by atoms with Gasteiger partial charge in [0.25, 0.3) is 5.22 Å². The molecule has 2 aromatic rings. The molecule has 1 atom stereocenters. The molecule has 0 aliphatic heterocycles. The number of nitrogens with one attached hydrogen (secondary N) is 1. The van der Waals surface area contributed by atoms with Gasteiger partial charge in [-0.15, -0.1) is 10.2 Å². The summed E-state index contributed by atoms with van der Waals surface area (Å²) in [4.78, 5) is 12.3. The largest absolute Gasteiger partial charge is 0.411 e. The molecule has 6 heteroatoms. The number of hydrogen-bond acceptors (Lipinski definition) is 5. The van der Waals surface area contributed by atoms with E-state index < -0.39 is 0 Å². The number of aromatic nitrogens is 2. The van der Waals surface area contributed by atoms with Crippen molar-refractivity contribution in [2.75, 3.05) is 0 Å². The Morgan fingerprint density at radius 1 is 1.21 bits per heavy atom. The summed E-state index contributed by atoms with van der Waals surface area (Å²) in [5, 5.41) is 11.4. The van der Waals surface area contributed by atoms with Crippen molar-refractivity contribution < 1.29 is 9.21 Å². The molecule has 5 nitrogen and oxygen atoms in total. The monoisotopic (exact) mass is 345 g/mol. The summed E-state index contributed by atoms with van der Waals surface area (Å²) in [7, 11) is 0. The zero-order valence-corrected chi connectivity index (χ0v) is 14.9. The van der Waals surface area contributed by atoms with Crippen LogP contribution in [0.2, 0.25) is 0 Å². The Morgan fingerprint density at radius 3 is 2.62 bits per heavy atom. The molecule has 1 amide bonds. The third-order valence-corrected chi connectivity index (χ3v) is 5.24. The van der Waals surface area contributed by atoms with E-state index in [0.29, 0.717) is 17.2 Å². The van der Waals surface area contributed by atoms with Gasteiger partial charge in [0.1, 0.15) is 0 Å². The molecule has 0 saturated heterocycles. The lowest BCUT2D eigenvalue weighted by atomic mass is 9.95. The van der Waals surface area contributed by atoms with E-state index in [4.69, 9.17) is 4.42 Å². The third kappa shape index (κ3) is 4.38. The second-order valence-electron chi connectivity index (χ2n) is 6.34. The van der Waals surface area contributed by atoms with Crippen LogP contribution < -0.4 is 5.32 Å². The van der Waals surface area contributed by atoms with Gasteiger partial charge < -0.3 is 9.73 Å². The van der Waals surface area contributed by atoms with Crippen LogP contribution in [0.25, 0.3) is 11.5 Å². The second-order valence-corrected chi connectivity index (χ2v) is 7.63. The second kappa shape index (κ2) is 7.83. The predicted molar refractivity (Wildman–Crippen MR) is 94.8 cm³/mol. The standard InChI is InChI=1S/C18H23N3O2S/c1-12-8-10-14(11-9-12)17-20-21-18(23-17)24-13(2)16(22)19-15-6-4-3-5-7-15/h8-11,13,15H,3-7H2,1-2H3,(H,19,22)/t13-/m0/s1. The van der Waals surface area contributed by atoms with Crippen molar-refractivity contribution in [1.29, 1.82) is 0 Å². The van der Waals surface area contributed by atoms with E-state index in [2.05, 4.69) is 15.5 Å². The molecule has 24 heavy (non-hydrogen) atoms. The number of carbonyl (C=O) groups is 1. The average molecular weight is 345 g/mol. The number of nitrogens with zero attached hydrogens (tertiary/aromatic N) is 2. The van der Waals surface area contributed by atoms with E-state index in [-0.39, 0.29) is 11.2 Å². The first kappa shape index (κ1) is 17.0. The first-order chi connectivity index (χ1) is 11.6. The highest BCUT2D eigenvalue weighted by Crippen LogP contribution is 2.27. The number of hydrogen-bond donors (Lipinski definition) is 1. The molecule has 1 aliphatic rings. The Bertz CT molecular complexity index is 678. The SMILES string of the molecule is Cc1ccc(-c2nnc(S[C@@H](C)C(=O)NC3CCCCC3)o2)cc1. The summed E-state index contributed by atoms with van der Waals surface area (Å²) >= 11 is 1.31. The maximum absolute atomic E-state index is 12.3. The maximum Gasteiger partial charge on any atom is 0.277 e. The van der Waals surface area contributed by atoms with Gasteiger partial charge in [0, 0.05) is 11.6 Å². The van der Waals surface area contributed by atoms with Gasteiger partial charge in [-0.1, -0.05) is 48.7 Å². The van der Waals surface area contributed by atoms with E-state index in [0.717, 1.165) is 18.4 Å². The van der Waals surface area contributed by atoms with E-state index >= 15 is 0 Å². The highest BCUT2D eigenvalue weighted by molar-refractivity contribution is 8.00. The number of carbonyl (C=O) groups excluding carboxylic acids is 1. The van der Waals surface area contributed by atoms with Crippen LogP contribution in [-0.2, 0) is 4.79 Å². The van der Waals surface area contributed by atoms with Gasteiger partial charge in [-0.05, 0) is 38.8 Å². The molecular weight excluding hydrogens is 322 g/mol. The minimum absolute atomic E-state index is 0.0435. The van der Waals surface area contributed by atoms with Crippen LogP contribution in [0.4, 0.5) is 0 Å². The van der Waals surface area contributed by atoms with E-state index in [1.807, 2.05) is 38.1 Å². The highest BCUT2D eigenvalue weighted by atomic mass is 32.2. The van der Waals surface area contributed by atoms with Gasteiger partial charge in [0.05, 0.1) is 5.25 Å². The van der Waals surface area contributed by atoms with E-state index in [9.17, 15) is 4.79 Å². The summed E-state index contributed by atoms with van der Waals surface area (Å²) in [5.74, 6) is 0.527. The van der Waals surface area contributed by atoms with E-state index in [1.165, 1.54) is 36.6 Å². The van der Waals surface area contributed by atoms with Crippen LogP contribution in [0.3, 0.4) is 0 Å². The van der Waals surface area contributed by atoms with E-state index in [1.54, 1.807) is 0 Å². The first-order valence-corrected chi connectivity index (χ1v) is 9.37. The van der Waals surface area contributed by atoms with Crippen molar-refractivity contribution in [2.45, 2.75) is 62.5 Å². The van der Waals surface area contributed by atoms with Gasteiger partial charge in [-0.3, -0.25) is 4.79 Å². The molecule has 1 N–H and O–H groups in total. The molecule has 0 radical (unpaired) electrons. The summed E-state index contributed by atoms with van der Waals surface area (Å²) in [6.07, 6.45) is 5.86. The van der Waals surface area contributed by atoms with Crippen molar-refractivity contribution in [2.24, 2.45) is 0 Å². The zero-order valence-electron chi connectivity index (χ0n) is 14.1. The predicted octanol–water partition coefficient (Wildman–Crippen LogP) is 3.97. The van der Waals surface area contributed by atoms with Crippen molar-refractivity contribution in [3.8, 4) is 11.5 Å². The van der Waals surface area contributed by atoms with Gasteiger partial charge in [-0.2, -0.15) is 0 Å². The molecule has 1 fully saturated rings. The molecule has 0 spiro atoms. The summed E-state index contributed by atoms with van der Waals surface area (Å²) in [5.41, 5.74) is 2.07. The molecule has 128 valence electrons. The Morgan fingerprint density at radius 2 is 1.92 bits per heavy atom. The lowest BCUT2D eigenvalue weighted by Crippen LogP contribution is -2.40. The van der Waals surface area contributed by atoms with Crippen molar-refractivity contribution in [3.05, 3.63) is 29.8 Å². The average Bonchev–Trinajstić information content (AvgIpc) is 3.05. The molecule has 1 heterocycles. The lowest BCUT2D eigenvalue weighted by Gasteiger charge is -2.23. The molecular formula is C18H23N3O2S. The smallest absolute Gasteiger partial charge is 0.277 e. The third-order valence-electron chi connectivity index (χ3n) is 4.30. The number of rotatable bonds is 5. The quantitative estimate of drug-likeness (QED) is 0.830. The minimum atomic E-state index is -0.252. The Kier molecular flexibility index (Phi) is 5.56. The summed E-state index contributed by atoms with van der Waals surface area (Å²) in [6, 6.07) is 8.24. The number of benzene rings is 1. The van der Waals surface area contributed by atoms with Crippen molar-refractivity contribution >= 4 is 17.7 Å². The maximum atomic E-state index is 12.3. The minimum Gasteiger partial charge on any atom is -0.411 e. The van der Waals surface area contributed by atoms with Crippen LogP contribution in [0.5, 0.6) is 0 Å². The Labute approximate surface area is 146 Å². The fourth-order valence-corrected chi connectivity index (χ4v) is 3.53. The van der Waals surface area contributed by atoms with Gasteiger partial charge in [-0.25, -0.2) is 0 Å². The highest BCUT2D eigenvalue weighted by Gasteiger charge is 2.22. The Balaban J connectivity index is 1.57. The zero-order chi connectivity index (χ0) is 16.9. The van der Waals surface area contributed by atoms with Crippen LogP contribution in [0.1, 0.15) is 44.6 Å². The number of amides is 1. The fraction of sp³-hybridized carbons (Fsp3) is 0.500. The van der Waals surface area contributed by atoms with Gasteiger partial charge in [0.2, 0.25) is 11.8 Å². The van der Waals surface area contributed by atoms with Crippen LogP contribution in [-0.4, -0.2) is 27.4 Å². The molecule has 1 aromatic carbocycles. The summed E-state index contributed by atoms with van der Waals surface area (Å²) in [6.45, 7) is 3.91. The van der Waals surface area contributed by atoms with Gasteiger partial charge >= 0.3 is 0 Å². The van der Waals surface area contributed by atoms with Gasteiger partial charge in [0.15, 0.2) is 0 Å². The Hall–Kier alpha value is -1.82. The molecule has 0 unspecified atom stereocenters. The molecule has 3 rings (SSSR count). The molecule has 1 aromatic heterocycles. The molecule has 1 aliphatic carbocycles. The summed E-state index contributed by atoms with van der Waals surface area (Å²) < 4.78 is 5.68.